The van der Waals surface area contributed by atoms with Gasteiger partial charge in [-0.3, -0.25) is 43.7 Å². The van der Waals surface area contributed by atoms with Gasteiger partial charge in [-0.1, -0.05) is 84.9 Å². The number of nitrogens with two attached hydrogens (primary N) is 2. The van der Waals surface area contributed by atoms with Gasteiger partial charge in [0.1, 0.15) is 18.1 Å². The van der Waals surface area contributed by atoms with Crippen LogP contribution in [0, 0.1) is 41.7 Å². The molecule has 20 heteroatoms. The van der Waals surface area contributed by atoms with E-state index in [1.54, 1.807) is 19.1 Å². The highest BCUT2D eigenvalue weighted by atomic mass is 16.6. The van der Waals surface area contributed by atoms with Crippen molar-refractivity contribution < 1.29 is 43.6 Å². The van der Waals surface area contributed by atoms with Gasteiger partial charge >= 0.3 is 5.69 Å². The monoisotopic (exact) mass is 1020 g/mol. The Balaban J connectivity index is 0. The number of nitrogens with one attached hydrogen (secondary N) is 4. The summed E-state index contributed by atoms with van der Waals surface area (Å²) >= 11 is 0. The van der Waals surface area contributed by atoms with E-state index in [-0.39, 0.29) is 41.9 Å². The number of para-hydroxylation sites is 1. The highest BCUT2D eigenvalue weighted by Gasteiger charge is 2.29. The Kier molecular flexibility index (Phi) is 32.0. The SMILES string of the molecule is C=CC.C=CC(C)(C)n1cc(C)c2ccccc21.CC(C)C.CC(C)CC(NC(=O)CN(C)C(=O)C(C)NC(=O)CNC(=O)C(CC(C)C)N(C)C(=O)CN)C(=O)NCC(N)=O.Cc1ccc(O)c([N+](=O)[O-])c1. The van der Waals surface area contributed by atoms with Crippen LogP contribution in [-0.2, 0) is 39.1 Å². The van der Waals surface area contributed by atoms with Gasteiger partial charge < -0.3 is 52.2 Å². The Morgan fingerprint density at radius 2 is 1.38 bits per heavy atom. The van der Waals surface area contributed by atoms with Crippen molar-refractivity contribution in [3.63, 3.8) is 0 Å². The van der Waals surface area contributed by atoms with Crippen molar-refractivity contribution in [3.8, 4) is 5.75 Å². The standard InChI is InChI=1S/C25H46N8O7.C14H17N.C7H7NO3.C4H10.C3H6/c1-14(2)8-17(23(38)28-11-19(27)34)31-21(36)13-32(6)25(40)16(5)30-20(35)12-29-24(39)18(9-15(3)4)33(7)22(37)10-26;1-5-14(3,4)15-10-11(2)12-8-6-7-9-13(12)15;1-5-2-3-7(9)6(4-5)8(10)11;1-4(2)3;1-3-2/h14-18H,8-13,26H2,1-7H3,(H2,27,34)(H,28,38)(H,29,39)(H,30,35)(H,31,36);5-10H,1H2,2-4H3;2-4,9H,1H3;4H,1-3H3;3H,1H2,2H3. The topological polar surface area (TPSA) is 294 Å². The predicted molar refractivity (Wildman–Crippen MR) is 289 cm³/mol. The maximum absolute atomic E-state index is 12.7. The highest BCUT2D eigenvalue weighted by Crippen LogP contribution is 2.28. The van der Waals surface area contributed by atoms with Crippen LogP contribution in [0.15, 0.2) is 74.0 Å². The fourth-order valence-electron chi connectivity index (χ4n) is 6.41. The molecule has 0 bridgehead atoms. The van der Waals surface area contributed by atoms with Crippen LogP contribution < -0.4 is 32.7 Å². The number of aromatic hydroxyl groups is 1. The summed E-state index contributed by atoms with van der Waals surface area (Å²) in [5.41, 5.74) is 13.5. The maximum atomic E-state index is 12.7. The first-order valence-electron chi connectivity index (χ1n) is 24.2. The lowest BCUT2D eigenvalue weighted by Gasteiger charge is -2.28. The Morgan fingerprint density at radius 1 is 0.849 bits per heavy atom. The summed E-state index contributed by atoms with van der Waals surface area (Å²) in [4.78, 5) is 97.5. The molecule has 0 fully saturated rings. The summed E-state index contributed by atoms with van der Waals surface area (Å²) in [7, 11) is 2.82. The first-order chi connectivity index (χ1) is 33.8. The summed E-state index contributed by atoms with van der Waals surface area (Å²) < 4.78 is 2.28. The molecule has 0 aliphatic rings. The number of hydrogen-bond acceptors (Lipinski definition) is 11. The Morgan fingerprint density at radius 3 is 1.86 bits per heavy atom. The molecule has 0 aliphatic carbocycles. The number of primary amides is 1. The minimum absolute atomic E-state index is 0.0339. The fourth-order valence-corrected chi connectivity index (χ4v) is 6.41. The van der Waals surface area contributed by atoms with Crippen LogP contribution in [0.25, 0.3) is 10.9 Å². The molecule has 9 N–H and O–H groups in total. The van der Waals surface area contributed by atoms with E-state index < -0.39 is 77.5 Å². The molecule has 3 rings (SSSR count). The van der Waals surface area contributed by atoms with Crippen LogP contribution >= 0.6 is 0 Å². The second-order valence-corrected chi connectivity index (χ2v) is 19.4. The normalized spacial score (nSPS) is 11.7. The Labute approximate surface area is 432 Å². The molecule has 20 nitrogen and oxygen atoms in total. The number of nitrogens with zero attached hydrogens (tertiary/aromatic N) is 4. The Bertz CT molecular complexity index is 2290. The van der Waals surface area contributed by atoms with Crippen molar-refractivity contribution >= 4 is 57.9 Å². The number of benzene rings is 2. The molecule has 7 amide bonds. The molecule has 0 saturated heterocycles. The van der Waals surface area contributed by atoms with Gasteiger partial charge in [0.2, 0.25) is 41.4 Å². The summed E-state index contributed by atoms with van der Waals surface area (Å²) in [6, 6.07) is 9.97. The molecular formula is C53H86N10O10. The van der Waals surface area contributed by atoms with Crippen molar-refractivity contribution in [1.82, 2.24) is 35.6 Å². The zero-order valence-corrected chi connectivity index (χ0v) is 46.0. The zero-order valence-electron chi connectivity index (χ0n) is 46.0. The van der Waals surface area contributed by atoms with Gasteiger partial charge in [-0.05, 0) is 95.4 Å². The minimum Gasteiger partial charge on any atom is -0.502 e. The van der Waals surface area contributed by atoms with Crippen LogP contribution in [0.3, 0.4) is 0 Å². The van der Waals surface area contributed by atoms with Crippen molar-refractivity contribution in [2.24, 2.45) is 29.2 Å². The van der Waals surface area contributed by atoms with Crippen molar-refractivity contribution in [3.05, 3.63) is 95.2 Å². The number of fused-ring (bicyclic) bond motifs is 1. The number of rotatable bonds is 20. The van der Waals surface area contributed by atoms with E-state index >= 15 is 0 Å². The van der Waals surface area contributed by atoms with E-state index in [2.05, 4.69) is 111 Å². The molecular weight excluding hydrogens is 937 g/mol. The molecule has 0 aliphatic heterocycles. The van der Waals surface area contributed by atoms with Crippen LogP contribution in [-0.4, -0.2) is 124 Å². The fraction of sp³-hybridized carbons (Fsp3) is 0.528. The number of allylic oxidation sites excluding steroid dienone is 2. The molecule has 1 heterocycles. The number of aryl methyl sites for hydroxylation is 2. The van der Waals surface area contributed by atoms with Gasteiger partial charge in [0.15, 0.2) is 5.75 Å². The van der Waals surface area contributed by atoms with Crippen molar-refractivity contribution in [2.75, 3.05) is 40.3 Å². The van der Waals surface area contributed by atoms with Crippen LogP contribution in [0.5, 0.6) is 5.75 Å². The Hall–Kier alpha value is -7.09. The van der Waals surface area contributed by atoms with Gasteiger partial charge in [-0.15, -0.1) is 13.2 Å². The number of aromatic nitrogens is 1. The minimum atomic E-state index is -1.03. The number of amides is 7. The van der Waals surface area contributed by atoms with Crippen LogP contribution in [0.1, 0.15) is 100 Å². The average Bonchev–Trinajstić information content (AvgIpc) is 3.65. The quantitative estimate of drug-likeness (QED) is 0.0429. The molecule has 0 radical (unpaired) electrons. The molecule has 0 saturated carbocycles. The number of nitro groups is 1. The number of carbonyl (C=O) groups excluding carboxylic acids is 7. The van der Waals surface area contributed by atoms with Gasteiger partial charge in [0.25, 0.3) is 0 Å². The second-order valence-electron chi connectivity index (χ2n) is 19.4. The van der Waals surface area contributed by atoms with E-state index in [1.807, 2.05) is 40.7 Å². The zero-order chi connectivity index (χ0) is 56.9. The average molecular weight is 1020 g/mol. The summed E-state index contributed by atoms with van der Waals surface area (Å²) in [6.45, 7) is 31.3. The predicted octanol–water partition coefficient (Wildman–Crippen LogP) is 5.36. The molecule has 3 aromatic rings. The maximum Gasteiger partial charge on any atom is 0.310 e. The summed E-state index contributed by atoms with van der Waals surface area (Å²) in [6.07, 6.45) is 6.59. The van der Waals surface area contributed by atoms with Crippen LogP contribution in [0.4, 0.5) is 5.69 Å². The van der Waals surface area contributed by atoms with Crippen molar-refractivity contribution in [1.29, 1.82) is 0 Å². The third kappa shape index (κ3) is 26.8. The van der Waals surface area contributed by atoms with Gasteiger partial charge in [0, 0.05) is 37.3 Å². The molecule has 2 aromatic carbocycles. The number of phenols is 1. The lowest BCUT2D eigenvalue weighted by Crippen LogP contribution is -2.54. The highest BCUT2D eigenvalue weighted by molar-refractivity contribution is 5.94. The third-order valence-electron chi connectivity index (χ3n) is 10.1. The third-order valence-corrected chi connectivity index (χ3v) is 10.1. The van der Waals surface area contributed by atoms with E-state index in [4.69, 9.17) is 16.6 Å². The van der Waals surface area contributed by atoms with E-state index in [9.17, 15) is 43.7 Å². The van der Waals surface area contributed by atoms with Crippen molar-refractivity contribution in [2.45, 2.75) is 127 Å². The molecule has 1 aromatic heterocycles. The molecule has 3 unspecified atom stereocenters. The number of carbonyl (C=O) groups is 7. The molecule has 0 spiro atoms. The largest absolute Gasteiger partial charge is 0.502 e. The lowest BCUT2D eigenvalue weighted by atomic mass is 10.0. The number of phenolic OH excluding ortho intramolecular Hbond substituents is 1. The van der Waals surface area contributed by atoms with E-state index in [0.29, 0.717) is 12.8 Å². The number of hydrogen-bond donors (Lipinski definition) is 7. The summed E-state index contributed by atoms with van der Waals surface area (Å²) in [5, 5.41) is 30.3. The first kappa shape index (κ1) is 68.0. The molecule has 408 valence electrons. The van der Waals surface area contributed by atoms with Gasteiger partial charge in [-0.2, -0.15) is 0 Å². The van der Waals surface area contributed by atoms with E-state index in [0.717, 1.165) is 16.4 Å². The molecule has 73 heavy (non-hydrogen) atoms. The number of likely N-dealkylation sites (N-methyl/N-ethyl adjacent to an activating group) is 2. The summed E-state index contributed by atoms with van der Waals surface area (Å²) in [5.74, 6) is -3.43. The van der Waals surface area contributed by atoms with Gasteiger partial charge in [0.05, 0.1) is 36.6 Å². The number of nitro benzene ring substituents is 1. The first-order valence-corrected chi connectivity index (χ1v) is 24.2. The lowest BCUT2D eigenvalue weighted by molar-refractivity contribution is -0.385. The van der Waals surface area contributed by atoms with Crippen LogP contribution in [0.2, 0.25) is 0 Å². The van der Waals surface area contributed by atoms with Gasteiger partial charge in [-0.25, -0.2) is 0 Å². The smallest absolute Gasteiger partial charge is 0.310 e. The molecule has 3 atom stereocenters. The van der Waals surface area contributed by atoms with E-state index in [1.165, 1.54) is 54.5 Å². The second kappa shape index (κ2) is 34.3.